The van der Waals surface area contributed by atoms with E-state index in [0.717, 1.165) is 25.7 Å². The van der Waals surface area contributed by atoms with E-state index in [1.54, 1.807) is 44.2 Å². The zero-order valence-electron chi connectivity index (χ0n) is 49.6. The molecule has 25 N–H and O–H groups in total. The van der Waals surface area contributed by atoms with Crippen molar-refractivity contribution in [2.45, 2.75) is 190 Å². The highest BCUT2D eigenvalue weighted by molar-refractivity contribution is 5.99. The number of nitrogens with one attached hydrogen (secondary N) is 11. The molecule has 1 aromatic carbocycles. The molecule has 1 saturated heterocycles. The normalized spacial score (nSPS) is 22.5. The molecule has 0 bridgehead atoms. The minimum absolute atomic E-state index is 0.0276. The molecular weight excluding hydrogens is 1110 g/mol. The number of aliphatic hydroxyl groups excluding tert-OH is 2. The molecule has 2 rings (SSSR count). The lowest BCUT2D eigenvalue weighted by atomic mass is 10.00. The summed E-state index contributed by atoms with van der Waals surface area (Å²) in [5.74, 6) is -10.0. The first-order chi connectivity index (χ1) is 40.4. The molecule has 1 fully saturated rings. The summed E-state index contributed by atoms with van der Waals surface area (Å²) in [6.07, 6.45) is -0.455. The van der Waals surface area contributed by atoms with E-state index in [4.69, 9.17) is 34.4 Å². The Bertz CT molecular complexity index is 2300. The summed E-state index contributed by atoms with van der Waals surface area (Å²) in [6, 6.07) is -6.28. The Morgan fingerprint density at radius 1 is 0.529 bits per heavy atom. The maximum absolute atomic E-state index is 14.5. The first-order valence-corrected chi connectivity index (χ1v) is 29.4. The van der Waals surface area contributed by atoms with Crippen LogP contribution in [-0.4, -0.2) is 194 Å². The second kappa shape index (κ2) is 40.4. The van der Waals surface area contributed by atoms with Crippen molar-refractivity contribution in [3.63, 3.8) is 0 Å². The van der Waals surface area contributed by atoms with Crippen molar-refractivity contribution >= 4 is 65.0 Å². The Kier molecular flexibility index (Phi) is 35.3. The Labute approximate surface area is 497 Å². The van der Waals surface area contributed by atoms with Crippen molar-refractivity contribution in [1.29, 1.82) is 0 Å². The quantitative estimate of drug-likeness (QED) is 0.0319. The van der Waals surface area contributed by atoms with Gasteiger partial charge in [0.05, 0.1) is 12.2 Å². The molecule has 0 spiro atoms. The molecule has 11 amide bonds. The van der Waals surface area contributed by atoms with Crippen LogP contribution in [0.3, 0.4) is 0 Å². The van der Waals surface area contributed by atoms with E-state index >= 15 is 0 Å². The third-order valence-electron chi connectivity index (χ3n) is 13.8. The second-order valence-electron chi connectivity index (χ2n) is 21.6. The van der Waals surface area contributed by atoms with Crippen molar-refractivity contribution in [3.05, 3.63) is 35.9 Å². The van der Waals surface area contributed by atoms with E-state index < -0.39 is 151 Å². The molecule has 0 aromatic heterocycles. The first-order valence-electron chi connectivity index (χ1n) is 29.4. The third-order valence-corrected chi connectivity index (χ3v) is 13.8. The lowest BCUT2D eigenvalue weighted by molar-refractivity contribution is -0.137. The summed E-state index contributed by atoms with van der Waals surface area (Å²) < 4.78 is 0. The van der Waals surface area contributed by atoms with Gasteiger partial charge in [0, 0.05) is 19.4 Å². The van der Waals surface area contributed by atoms with Crippen molar-refractivity contribution in [2.75, 3.05) is 45.8 Å². The van der Waals surface area contributed by atoms with Gasteiger partial charge in [-0.15, -0.1) is 0 Å². The highest BCUT2D eigenvalue weighted by Crippen LogP contribution is 2.12. The number of hydrogen-bond acceptors (Lipinski definition) is 19. The van der Waals surface area contributed by atoms with Crippen molar-refractivity contribution in [1.82, 2.24) is 58.5 Å². The van der Waals surface area contributed by atoms with Crippen LogP contribution in [0, 0.1) is 5.92 Å². The zero-order valence-corrected chi connectivity index (χ0v) is 49.6. The van der Waals surface area contributed by atoms with Gasteiger partial charge in [0.25, 0.3) is 0 Å². The van der Waals surface area contributed by atoms with E-state index in [1.165, 1.54) is 13.8 Å². The fraction of sp³-hybridized carbons (Fsp3) is 0.691. The number of carbonyl (C=O) groups is 11. The summed E-state index contributed by atoms with van der Waals surface area (Å²) in [4.78, 5) is 154. The van der Waals surface area contributed by atoms with Crippen LogP contribution >= 0.6 is 0 Å². The van der Waals surface area contributed by atoms with Crippen molar-refractivity contribution < 1.29 is 63.0 Å². The minimum Gasteiger partial charge on any atom is -0.391 e. The standard InChI is InChI=1S/C55H97N17O13/c1-31(2)29-41-52(82)66-36(17-24-58)46(76)65-39(20-27-61)51(81)71-44(32(3)73)54(84)62-28-21-40(49(79)64-37(18-25-59)48(78)70-42(53(83)69-41)30-34-13-9-8-10-14-34)67-47(77)38(19-26-60)68-55(85)45(33(4)74)72-50(80)35(16-23-57)63-43(75)15-11-6-5-7-12-22-56/h8-10,13-14,31-33,35-42,44-45,73-74H,5-7,11-12,15-30,56-61H2,1-4H3,(H,62,84)(H,63,75)(H,64,79)(H,65,76)(H,66,82)(H,67,77)(H,68,85)(H,69,83)(H,70,78)(H,71,81)(H,72,80)/t32-,33-,35+,36+,37+,38+,39+,40+,41+,42-,44+,45+/m1/s1. The second-order valence-corrected chi connectivity index (χ2v) is 21.6. The Morgan fingerprint density at radius 3 is 1.53 bits per heavy atom. The Balaban J connectivity index is 2.67. The molecule has 0 unspecified atom stereocenters. The van der Waals surface area contributed by atoms with Gasteiger partial charge in [-0.2, -0.15) is 0 Å². The van der Waals surface area contributed by atoms with E-state index in [1.807, 2.05) is 0 Å². The maximum Gasteiger partial charge on any atom is 0.245 e. The smallest absolute Gasteiger partial charge is 0.245 e. The first kappa shape index (κ1) is 74.2. The lowest BCUT2D eigenvalue weighted by Gasteiger charge is -2.29. The van der Waals surface area contributed by atoms with E-state index in [0.29, 0.717) is 18.5 Å². The Hall–Kier alpha value is -6.93. The number of nitrogens with two attached hydrogens (primary N) is 6. The molecule has 0 aliphatic carbocycles. The van der Waals surface area contributed by atoms with Crippen LogP contribution in [0.1, 0.15) is 117 Å². The van der Waals surface area contributed by atoms with Gasteiger partial charge in [-0.1, -0.05) is 63.4 Å². The van der Waals surface area contributed by atoms with Crippen molar-refractivity contribution in [3.8, 4) is 0 Å². The third kappa shape index (κ3) is 27.3. The van der Waals surface area contributed by atoms with Gasteiger partial charge in [0.2, 0.25) is 65.0 Å². The maximum atomic E-state index is 14.5. The van der Waals surface area contributed by atoms with Gasteiger partial charge in [0.15, 0.2) is 0 Å². The zero-order chi connectivity index (χ0) is 63.6. The average molecular weight is 1200 g/mol. The molecule has 12 atom stereocenters. The minimum atomic E-state index is -1.71. The topological polar surface area (TPSA) is 517 Å². The molecule has 85 heavy (non-hydrogen) atoms. The average Bonchev–Trinajstić information content (AvgIpc) is 3.61. The van der Waals surface area contributed by atoms with Crippen LogP contribution in [0.5, 0.6) is 0 Å². The number of rotatable bonds is 30. The van der Waals surface area contributed by atoms with Gasteiger partial charge in [-0.05, 0) is 122 Å². The fourth-order valence-electron chi connectivity index (χ4n) is 9.10. The van der Waals surface area contributed by atoms with Gasteiger partial charge < -0.3 is 103 Å². The van der Waals surface area contributed by atoms with Crippen LogP contribution < -0.4 is 92.9 Å². The number of aliphatic hydroxyl groups is 2. The Morgan fingerprint density at radius 2 is 1.01 bits per heavy atom. The van der Waals surface area contributed by atoms with Gasteiger partial charge in [-0.3, -0.25) is 52.7 Å². The summed E-state index contributed by atoms with van der Waals surface area (Å²) in [5.41, 5.74) is 35.5. The van der Waals surface area contributed by atoms with Crippen LogP contribution in [0.4, 0.5) is 0 Å². The number of benzene rings is 1. The molecular formula is C55H97N17O13. The highest BCUT2D eigenvalue weighted by Gasteiger charge is 2.37. The highest BCUT2D eigenvalue weighted by atomic mass is 16.3. The van der Waals surface area contributed by atoms with Crippen LogP contribution in [0.25, 0.3) is 0 Å². The van der Waals surface area contributed by atoms with Crippen molar-refractivity contribution in [2.24, 2.45) is 40.3 Å². The summed E-state index contributed by atoms with van der Waals surface area (Å²) in [7, 11) is 0. The number of unbranched alkanes of at least 4 members (excludes halogenated alkanes) is 4. The predicted octanol–water partition coefficient (Wildman–Crippen LogP) is -6.55. The largest absolute Gasteiger partial charge is 0.391 e. The van der Waals surface area contributed by atoms with E-state index in [-0.39, 0.29) is 90.0 Å². The predicted molar refractivity (Wildman–Crippen MR) is 315 cm³/mol. The molecule has 0 radical (unpaired) electrons. The monoisotopic (exact) mass is 1200 g/mol. The molecule has 30 nitrogen and oxygen atoms in total. The molecule has 1 aromatic rings. The van der Waals surface area contributed by atoms with Gasteiger partial charge in [0.1, 0.15) is 60.4 Å². The van der Waals surface area contributed by atoms with Gasteiger partial charge >= 0.3 is 0 Å². The van der Waals surface area contributed by atoms with Crippen LogP contribution in [0.15, 0.2) is 30.3 Å². The molecule has 1 aliphatic rings. The lowest BCUT2D eigenvalue weighted by Crippen LogP contribution is -2.62. The summed E-state index contributed by atoms with van der Waals surface area (Å²) >= 11 is 0. The molecule has 0 saturated carbocycles. The molecule has 1 heterocycles. The molecule has 30 heteroatoms. The van der Waals surface area contributed by atoms with Crippen LogP contribution in [-0.2, 0) is 59.2 Å². The summed E-state index contributed by atoms with van der Waals surface area (Å²) in [5, 5.41) is 49.6. The van der Waals surface area contributed by atoms with Crippen LogP contribution in [0.2, 0.25) is 0 Å². The number of hydrogen-bond donors (Lipinski definition) is 19. The van der Waals surface area contributed by atoms with E-state index in [2.05, 4.69) is 58.5 Å². The van der Waals surface area contributed by atoms with E-state index in [9.17, 15) is 63.0 Å². The number of carbonyl (C=O) groups excluding carboxylic acids is 11. The van der Waals surface area contributed by atoms with Gasteiger partial charge in [-0.25, -0.2) is 0 Å². The molecule has 1 aliphatic heterocycles. The number of amides is 11. The molecule has 480 valence electrons. The fourth-order valence-corrected chi connectivity index (χ4v) is 9.10. The SMILES string of the molecule is CC(C)C[C@@H]1NC(=O)[C@@H](Cc2ccccc2)NC(=O)[C@H](CCN)NC(=O)[C@@H](NC(=O)[C@H](CCN)NC(=O)[C@@H](NC(=O)[C@H](CCN)NC(=O)CCCCCCCN)[C@@H](C)O)CCNC(=O)[C@H]([C@@H](C)O)NC(=O)[C@H](CCN)NC(=O)[C@H](CCN)NC1=O. The summed E-state index contributed by atoms with van der Waals surface area (Å²) in [6.45, 7) is 5.34.